The van der Waals surface area contributed by atoms with Crippen molar-refractivity contribution in [2.75, 3.05) is 0 Å². The van der Waals surface area contributed by atoms with Gasteiger partial charge in [0.1, 0.15) is 0 Å². The maximum Gasteiger partial charge on any atom is 0.0531 e. The van der Waals surface area contributed by atoms with E-state index in [0.29, 0.717) is 11.8 Å². The van der Waals surface area contributed by atoms with Gasteiger partial charge in [0.25, 0.3) is 0 Å². The highest BCUT2D eigenvalue weighted by atomic mass is 32.3. The van der Waals surface area contributed by atoms with Crippen molar-refractivity contribution < 1.29 is 0 Å². The number of aromatic nitrogens is 1. The van der Waals surface area contributed by atoms with E-state index < -0.39 is 10.0 Å². The van der Waals surface area contributed by atoms with Crippen LogP contribution in [0, 0.1) is 11.8 Å². The second-order valence-corrected chi connectivity index (χ2v) is 16.6. The van der Waals surface area contributed by atoms with Gasteiger partial charge >= 0.3 is 0 Å². The minimum absolute atomic E-state index is 0.350. The molecule has 1 aromatic heterocycles. The third kappa shape index (κ3) is 7.29. The molecule has 0 aliphatic heterocycles. The zero-order valence-electron chi connectivity index (χ0n) is 29.7. The van der Waals surface area contributed by atoms with Gasteiger partial charge in [-0.3, -0.25) is 0 Å². The van der Waals surface area contributed by atoms with Crippen LogP contribution < -0.4 is 0 Å². The van der Waals surface area contributed by atoms with Crippen LogP contribution in [0.5, 0.6) is 0 Å². The van der Waals surface area contributed by atoms with E-state index in [2.05, 4.69) is 213 Å². The van der Waals surface area contributed by atoms with E-state index in [-0.39, 0.29) is 0 Å². The summed E-state index contributed by atoms with van der Waals surface area (Å²) in [5.74, 6) is 1.75. The summed E-state index contributed by atoms with van der Waals surface area (Å²) in [4.78, 5) is 4.15. The maximum absolute atomic E-state index is 4.47. The summed E-state index contributed by atoms with van der Waals surface area (Å²) in [6, 6.07) is 51.3. The molecule has 1 aliphatic carbocycles. The first-order valence-electron chi connectivity index (χ1n) is 18.1. The number of benzene rings is 5. The SMILES string of the molecule is C=C(CC/C=C/C1C=C(c2ccc(S(Cc3ccccc3)(c3ccccc3)c3ccccc3)cc2)C=CC1C)n1cc(/C=C\C)c2ccccc21. The lowest BCUT2D eigenvalue weighted by atomic mass is 9.84. The number of fused-ring (bicyclic) bond motifs is 1. The molecular formula is C49H47NS. The summed E-state index contributed by atoms with van der Waals surface area (Å²) in [5, 5.41) is 1.27. The lowest BCUT2D eigenvalue weighted by Crippen LogP contribution is -2.09. The van der Waals surface area contributed by atoms with Gasteiger partial charge in [-0.1, -0.05) is 153 Å². The summed E-state index contributed by atoms with van der Waals surface area (Å²) in [6.07, 6.45) is 20.2. The zero-order valence-corrected chi connectivity index (χ0v) is 30.6. The van der Waals surface area contributed by atoms with E-state index >= 15 is 0 Å². The lowest BCUT2D eigenvalue weighted by Gasteiger charge is -2.42. The molecule has 1 nitrogen and oxygen atoms in total. The molecule has 7 rings (SSSR count). The summed E-state index contributed by atoms with van der Waals surface area (Å²) in [7, 11) is -1.57. The van der Waals surface area contributed by atoms with Crippen LogP contribution in [-0.2, 0) is 5.75 Å². The number of para-hydroxylation sites is 1. The number of hydrogen-bond donors (Lipinski definition) is 0. The second-order valence-electron chi connectivity index (χ2n) is 13.4. The molecule has 0 amide bonds. The van der Waals surface area contributed by atoms with E-state index in [1.165, 1.54) is 47.9 Å². The standard InChI is InChI=1S/C49H47NS/c1-4-18-44-36-50(49-28-17-16-27-48(44)49)39(3)19-14-15-22-42-35-43(30-29-38(42)2)41-31-33-47(34-32-41)51(45-23-10-6-11-24-45,46-25-12-7-13-26-46)37-40-20-8-5-9-21-40/h4-13,15-18,20-36,38,42H,3,14,19,37H2,1-2H3/b18-4-,22-15+. The number of rotatable bonds is 12. The third-order valence-electron chi connectivity index (χ3n) is 10.1. The number of allylic oxidation sites excluding steroid dienone is 8. The molecule has 1 aliphatic rings. The Hall–Kier alpha value is -5.31. The molecule has 6 aromatic rings. The first-order chi connectivity index (χ1) is 25.1. The molecule has 0 saturated heterocycles. The highest BCUT2D eigenvalue weighted by Crippen LogP contribution is 2.70. The van der Waals surface area contributed by atoms with Crippen LogP contribution in [0.15, 0.2) is 203 Å². The molecule has 0 fully saturated rings. The minimum Gasteiger partial charge on any atom is -0.320 e. The normalized spacial score (nSPS) is 16.5. The highest BCUT2D eigenvalue weighted by molar-refractivity contribution is 8.33. The molecule has 2 unspecified atom stereocenters. The summed E-state index contributed by atoms with van der Waals surface area (Å²) >= 11 is 0. The van der Waals surface area contributed by atoms with Crippen LogP contribution in [0.25, 0.3) is 28.2 Å². The Morgan fingerprint density at radius 3 is 2.02 bits per heavy atom. The number of hydrogen-bond acceptors (Lipinski definition) is 0. The van der Waals surface area contributed by atoms with Crippen molar-refractivity contribution in [3.05, 3.63) is 205 Å². The summed E-state index contributed by atoms with van der Waals surface area (Å²) < 4.78 is 2.26. The van der Waals surface area contributed by atoms with Crippen LogP contribution >= 0.6 is 10.0 Å². The predicted molar refractivity (Wildman–Crippen MR) is 222 cm³/mol. The van der Waals surface area contributed by atoms with Gasteiger partial charge in [-0.2, -0.15) is 10.0 Å². The Labute approximate surface area is 306 Å². The molecule has 254 valence electrons. The van der Waals surface area contributed by atoms with Gasteiger partial charge in [0, 0.05) is 34.5 Å². The first-order valence-corrected chi connectivity index (χ1v) is 19.9. The molecule has 5 aromatic carbocycles. The van der Waals surface area contributed by atoms with Gasteiger partial charge in [0.05, 0.1) is 5.52 Å². The fourth-order valence-corrected chi connectivity index (χ4v) is 11.1. The Kier molecular flexibility index (Phi) is 10.5. The molecule has 0 spiro atoms. The van der Waals surface area contributed by atoms with E-state index in [1.807, 2.05) is 0 Å². The number of nitrogens with zero attached hydrogens (tertiary/aromatic N) is 1. The van der Waals surface area contributed by atoms with Crippen molar-refractivity contribution in [3.63, 3.8) is 0 Å². The molecule has 0 saturated carbocycles. The topological polar surface area (TPSA) is 4.93 Å². The van der Waals surface area contributed by atoms with Gasteiger partial charge in [0.15, 0.2) is 0 Å². The molecule has 1 heterocycles. The lowest BCUT2D eigenvalue weighted by molar-refractivity contribution is 0.606. The van der Waals surface area contributed by atoms with Crippen LogP contribution in [0.2, 0.25) is 0 Å². The molecule has 0 N–H and O–H groups in total. The molecular weight excluding hydrogens is 635 g/mol. The molecule has 0 radical (unpaired) electrons. The Bertz CT molecular complexity index is 2160. The van der Waals surface area contributed by atoms with Gasteiger partial charge < -0.3 is 4.57 Å². The zero-order chi connectivity index (χ0) is 35.0. The largest absolute Gasteiger partial charge is 0.320 e. The van der Waals surface area contributed by atoms with Crippen molar-refractivity contribution >= 4 is 38.3 Å². The van der Waals surface area contributed by atoms with Gasteiger partial charge in [-0.25, -0.2) is 0 Å². The Balaban J connectivity index is 1.13. The van der Waals surface area contributed by atoms with E-state index in [0.717, 1.165) is 24.3 Å². The van der Waals surface area contributed by atoms with E-state index in [4.69, 9.17) is 0 Å². The molecule has 2 heteroatoms. The minimum atomic E-state index is -1.57. The summed E-state index contributed by atoms with van der Waals surface area (Å²) in [5.41, 5.74) is 7.49. The fourth-order valence-electron chi connectivity index (χ4n) is 7.29. The monoisotopic (exact) mass is 681 g/mol. The predicted octanol–water partition coefficient (Wildman–Crippen LogP) is 13.9. The van der Waals surface area contributed by atoms with E-state index in [1.54, 1.807) is 0 Å². The molecule has 51 heavy (non-hydrogen) atoms. The summed E-state index contributed by atoms with van der Waals surface area (Å²) in [6.45, 7) is 8.85. The van der Waals surface area contributed by atoms with Gasteiger partial charge in [-0.15, -0.1) is 0 Å². The van der Waals surface area contributed by atoms with Crippen LogP contribution in [0.4, 0.5) is 0 Å². The van der Waals surface area contributed by atoms with Crippen molar-refractivity contribution in [3.8, 4) is 0 Å². The fraction of sp³-hybridized carbons (Fsp3) is 0.143. The van der Waals surface area contributed by atoms with Crippen molar-refractivity contribution in [1.82, 2.24) is 4.57 Å². The highest BCUT2D eigenvalue weighted by Gasteiger charge is 2.31. The average Bonchev–Trinajstić information content (AvgIpc) is 3.56. The van der Waals surface area contributed by atoms with Crippen molar-refractivity contribution in [1.29, 1.82) is 0 Å². The van der Waals surface area contributed by atoms with E-state index in [9.17, 15) is 0 Å². The maximum atomic E-state index is 4.47. The Morgan fingerprint density at radius 2 is 1.35 bits per heavy atom. The van der Waals surface area contributed by atoms with Crippen molar-refractivity contribution in [2.45, 2.75) is 47.1 Å². The second kappa shape index (κ2) is 15.7. The molecule has 0 bridgehead atoms. The third-order valence-corrected chi connectivity index (χ3v) is 14.1. The van der Waals surface area contributed by atoms with Gasteiger partial charge in [-0.05, 0) is 99.5 Å². The quantitative estimate of drug-likeness (QED) is 0.113. The van der Waals surface area contributed by atoms with Crippen molar-refractivity contribution in [2.24, 2.45) is 11.8 Å². The van der Waals surface area contributed by atoms with Crippen LogP contribution in [-0.4, -0.2) is 4.57 Å². The smallest absolute Gasteiger partial charge is 0.0531 e. The van der Waals surface area contributed by atoms with Gasteiger partial charge in [0.2, 0.25) is 0 Å². The Morgan fingerprint density at radius 1 is 0.745 bits per heavy atom. The van der Waals surface area contributed by atoms with Crippen LogP contribution in [0.1, 0.15) is 43.4 Å². The van der Waals surface area contributed by atoms with Crippen LogP contribution in [0.3, 0.4) is 0 Å². The first kappa shape index (κ1) is 34.2. The average molecular weight is 682 g/mol. The molecule has 2 atom stereocenters.